The molecule has 0 radical (unpaired) electrons. The third-order valence-electron chi connectivity index (χ3n) is 2.27. The normalized spacial score (nSPS) is 11.8. The van der Waals surface area contributed by atoms with E-state index in [1.165, 1.54) is 6.07 Å². The van der Waals surface area contributed by atoms with Crippen LogP contribution < -0.4 is 0 Å². The van der Waals surface area contributed by atoms with Gasteiger partial charge in [-0.2, -0.15) is 0 Å². The third kappa shape index (κ3) is 3.04. The smallest absolute Gasteiger partial charge is 0.317 e. The lowest BCUT2D eigenvalue weighted by Gasteiger charge is -2.32. The van der Waals surface area contributed by atoms with Crippen molar-refractivity contribution in [2.24, 2.45) is 0 Å². The molecule has 1 aromatic rings. The maximum absolute atomic E-state index is 13.8. The van der Waals surface area contributed by atoms with Gasteiger partial charge >= 0.3 is 5.97 Å². The molecule has 0 saturated heterocycles. The van der Waals surface area contributed by atoms with Gasteiger partial charge in [-0.15, -0.1) is 0 Å². The van der Waals surface area contributed by atoms with E-state index in [0.29, 0.717) is 0 Å². The Balaban J connectivity index is 3.30. The summed E-state index contributed by atoms with van der Waals surface area (Å²) in [5, 5.41) is 0. The van der Waals surface area contributed by atoms with Crippen molar-refractivity contribution in [3.8, 4) is 0 Å². The zero-order valence-corrected chi connectivity index (χ0v) is 10.8. The lowest BCUT2D eigenvalue weighted by atomic mass is 10.1. The van der Waals surface area contributed by atoms with E-state index in [0.717, 1.165) is 12.1 Å². The molecule has 0 amide bonds. The summed E-state index contributed by atoms with van der Waals surface area (Å²) in [6.07, 6.45) is 0. The first-order valence-electron chi connectivity index (χ1n) is 5.97. The topological polar surface area (TPSA) is 27.7 Å². The Kier molecular flexibility index (Phi) is 5.65. The molecule has 0 aliphatic rings. The van der Waals surface area contributed by atoms with Gasteiger partial charge in [0.05, 0.1) is 0 Å². The molecule has 0 aliphatic heterocycles. The summed E-state index contributed by atoms with van der Waals surface area (Å²) in [6.45, 7) is 5.71. The summed E-state index contributed by atoms with van der Waals surface area (Å²) in [4.78, 5) is 0. The number of rotatable bonds is 7. The molecule has 0 spiro atoms. The van der Waals surface area contributed by atoms with Crippen molar-refractivity contribution < 1.29 is 23.0 Å². The molecule has 3 nitrogen and oxygen atoms in total. The summed E-state index contributed by atoms with van der Waals surface area (Å²) in [7, 11) is 0. The molecular weight excluding hydrogens is 242 g/mol. The second-order valence-electron chi connectivity index (χ2n) is 3.45. The molecule has 5 heteroatoms. The van der Waals surface area contributed by atoms with Crippen LogP contribution in [-0.4, -0.2) is 19.8 Å². The van der Waals surface area contributed by atoms with Gasteiger partial charge in [-0.3, -0.25) is 0 Å². The summed E-state index contributed by atoms with van der Waals surface area (Å²) < 4.78 is 43.7. The Bertz CT molecular complexity index is 345. The molecular formula is C13H18F2O3. The minimum absolute atomic E-state index is 0.202. The molecule has 0 fully saturated rings. The minimum Gasteiger partial charge on any atom is -0.324 e. The zero-order valence-electron chi connectivity index (χ0n) is 10.8. The quantitative estimate of drug-likeness (QED) is 0.705. The average molecular weight is 260 g/mol. The van der Waals surface area contributed by atoms with Crippen LogP contribution in [0.25, 0.3) is 0 Å². The highest BCUT2D eigenvalue weighted by Crippen LogP contribution is 2.33. The Morgan fingerprint density at radius 2 is 1.28 bits per heavy atom. The fourth-order valence-electron chi connectivity index (χ4n) is 1.70. The van der Waals surface area contributed by atoms with E-state index in [4.69, 9.17) is 14.2 Å². The Morgan fingerprint density at radius 3 is 1.61 bits per heavy atom. The van der Waals surface area contributed by atoms with E-state index in [1.807, 2.05) is 0 Å². The largest absolute Gasteiger partial charge is 0.324 e. The second kappa shape index (κ2) is 6.78. The van der Waals surface area contributed by atoms with Crippen LogP contribution in [0.3, 0.4) is 0 Å². The molecule has 102 valence electrons. The molecule has 0 aromatic heterocycles. The summed E-state index contributed by atoms with van der Waals surface area (Å²) >= 11 is 0. The second-order valence-corrected chi connectivity index (χ2v) is 3.45. The molecule has 1 rings (SSSR count). The van der Waals surface area contributed by atoms with Crippen LogP contribution in [0.2, 0.25) is 0 Å². The van der Waals surface area contributed by atoms with Crippen molar-refractivity contribution >= 4 is 0 Å². The van der Waals surface area contributed by atoms with Crippen LogP contribution in [0, 0.1) is 11.6 Å². The predicted octanol–water partition coefficient (Wildman–Crippen LogP) is 3.18. The van der Waals surface area contributed by atoms with Crippen LogP contribution in [0.1, 0.15) is 26.3 Å². The number of halogens is 2. The summed E-state index contributed by atoms with van der Waals surface area (Å²) in [5.41, 5.74) is -0.351. The van der Waals surface area contributed by atoms with Crippen molar-refractivity contribution in [1.29, 1.82) is 0 Å². The molecule has 1 aromatic carbocycles. The molecule has 0 atom stereocenters. The highest BCUT2D eigenvalue weighted by atomic mass is 19.1. The van der Waals surface area contributed by atoms with Gasteiger partial charge in [0.25, 0.3) is 0 Å². The van der Waals surface area contributed by atoms with E-state index < -0.39 is 17.6 Å². The van der Waals surface area contributed by atoms with E-state index >= 15 is 0 Å². The van der Waals surface area contributed by atoms with Crippen molar-refractivity contribution in [3.63, 3.8) is 0 Å². The van der Waals surface area contributed by atoms with Crippen LogP contribution in [0.4, 0.5) is 8.78 Å². The van der Waals surface area contributed by atoms with Gasteiger partial charge < -0.3 is 14.2 Å². The van der Waals surface area contributed by atoms with Crippen LogP contribution in [0.15, 0.2) is 18.2 Å². The van der Waals surface area contributed by atoms with Crippen LogP contribution in [-0.2, 0) is 20.2 Å². The van der Waals surface area contributed by atoms with Gasteiger partial charge in [-0.05, 0) is 32.9 Å². The number of ether oxygens (including phenoxy) is 3. The molecule has 0 heterocycles. The molecule has 0 unspecified atom stereocenters. The first-order chi connectivity index (χ1) is 8.61. The van der Waals surface area contributed by atoms with Gasteiger partial charge in [0.15, 0.2) is 0 Å². The first-order valence-corrected chi connectivity index (χ1v) is 5.97. The Hall–Kier alpha value is -1.04. The fraction of sp³-hybridized carbons (Fsp3) is 0.538. The van der Waals surface area contributed by atoms with Crippen LogP contribution >= 0.6 is 0 Å². The number of benzene rings is 1. The van der Waals surface area contributed by atoms with Crippen molar-refractivity contribution in [3.05, 3.63) is 35.4 Å². The van der Waals surface area contributed by atoms with Crippen LogP contribution in [0.5, 0.6) is 0 Å². The monoisotopic (exact) mass is 260 g/mol. The van der Waals surface area contributed by atoms with Crippen molar-refractivity contribution in [2.45, 2.75) is 26.7 Å². The molecule has 0 saturated carbocycles. The highest BCUT2D eigenvalue weighted by Gasteiger charge is 2.40. The predicted molar refractivity (Wildman–Crippen MR) is 62.9 cm³/mol. The first kappa shape index (κ1) is 15.0. The van der Waals surface area contributed by atoms with Crippen molar-refractivity contribution in [2.75, 3.05) is 19.8 Å². The van der Waals surface area contributed by atoms with E-state index in [-0.39, 0.29) is 25.4 Å². The average Bonchev–Trinajstić information content (AvgIpc) is 2.29. The molecule has 0 bridgehead atoms. The lowest BCUT2D eigenvalue weighted by molar-refractivity contribution is -0.391. The van der Waals surface area contributed by atoms with E-state index in [2.05, 4.69) is 0 Å². The fourth-order valence-corrected chi connectivity index (χ4v) is 1.70. The number of hydrogen-bond donors (Lipinski definition) is 0. The van der Waals surface area contributed by atoms with Gasteiger partial charge in [0.2, 0.25) is 0 Å². The lowest BCUT2D eigenvalue weighted by Crippen LogP contribution is -2.38. The van der Waals surface area contributed by atoms with Crippen molar-refractivity contribution in [1.82, 2.24) is 0 Å². The van der Waals surface area contributed by atoms with Gasteiger partial charge in [0.1, 0.15) is 17.2 Å². The maximum Gasteiger partial charge on any atom is 0.317 e. The minimum atomic E-state index is -1.83. The Morgan fingerprint density at radius 1 is 0.889 bits per heavy atom. The standard InChI is InChI=1S/C13H18F2O3/c1-4-16-13(17-5-2,18-6-3)12-10(14)8-7-9-11(12)15/h7-9H,4-6H2,1-3H3. The highest BCUT2D eigenvalue weighted by molar-refractivity contribution is 5.23. The van der Waals surface area contributed by atoms with Gasteiger partial charge in [0, 0.05) is 19.8 Å². The third-order valence-corrected chi connectivity index (χ3v) is 2.27. The van der Waals surface area contributed by atoms with E-state index in [9.17, 15) is 8.78 Å². The molecule has 0 aliphatic carbocycles. The molecule has 0 N–H and O–H groups in total. The summed E-state index contributed by atoms with van der Waals surface area (Å²) in [6, 6.07) is 3.57. The van der Waals surface area contributed by atoms with Gasteiger partial charge in [-0.25, -0.2) is 8.78 Å². The van der Waals surface area contributed by atoms with Gasteiger partial charge in [-0.1, -0.05) is 6.07 Å². The summed E-state index contributed by atoms with van der Waals surface area (Å²) in [5.74, 6) is -3.34. The zero-order chi connectivity index (χ0) is 13.6. The Labute approximate surface area is 106 Å². The number of hydrogen-bond acceptors (Lipinski definition) is 3. The maximum atomic E-state index is 13.8. The molecule has 18 heavy (non-hydrogen) atoms. The SMILES string of the molecule is CCOC(OCC)(OCC)c1c(F)cccc1F. The van der Waals surface area contributed by atoms with E-state index in [1.54, 1.807) is 20.8 Å².